The molecule has 4 heteroatoms. The quantitative estimate of drug-likeness (QED) is 0.853. The Labute approximate surface area is 101 Å². The summed E-state index contributed by atoms with van der Waals surface area (Å²) in [5, 5.41) is 9.22. The van der Waals surface area contributed by atoms with E-state index in [2.05, 4.69) is 0 Å². The fourth-order valence-electron chi connectivity index (χ4n) is 1.99. The SMILES string of the molecule is COCC(C(=O)O)c1cc(C)cc(C)c1OC. The summed E-state index contributed by atoms with van der Waals surface area (Å²) in [6.07, 6.45) is 0. The van der Waals surface area contributed by atoms with E-state index in [-0.39, 0.29) is 6.61 Å². The van der Waals surface area contributed by atoms with E-state index >= 15 is 0 Å². The summed E-state index contributed by atoms with van der Waals surface area (Å²) < 4.78 is 10.3. The number of carboxylic acid groups (broad SMARTS) is 1. The monoisotopic (exact) mass is 238 g/mol. The van der Waals surface area contributed by atoms with Crippen molar-refractivity contribution >= 4 is 5.97 Å². The van der Waals surface area contributed by atoms with Crippen LogP contribution in [0.1, 0.15) is 22.6 Å². The number of ether oxygens (including phenoxy) is 2. The molecule has 1 unspecified atom stereocenters. The molecular weight excluding hydrogens is 220 g/mol. The number of benzene rings is 1. The van der Waals surface area contributed by atoms with Gasteiger partial charge in [0.05, 0.1) is 13.7 Å². The van der Waals surface area contributed by atoms with Crippen LogP contribution in [0, 0.1) is 13.8 Å². The maximum absolute atomic E-state index is 11.2. The lowest BCUT2D eigenvalue weighted by molar-refractivity contribution is -0.140. The summed E-state index contributed by atoms with van der Waals surface area (Å²) in [6, 6.07) is 3.80. The summed E-state index contributed by atoms with van der Waals surface area (Å²) in [4.78, 5) is 11.2. The van der Waals surface area contributed by atoms with E-state index in [4.69, 9.17) is 9.47 Å². The highest BCUT2D eigenvalue weighted by atomic mass is 16.5. The molecule has 0 saturated heterocycles. The lowest BCUT2D eigenvalue weighted by Gasteiger charge is -2.18. The standard InChI is InChI=1S/C13H18O4/c1-8-5-9(2)12(17-4)10(6-8)11(7-16-3)13(14)15/h5-6,11H,7H2,1-4H3,(H,14,15). The van der Waals surface area contributed by atoms with Gasteiger partial charge in [-0.05, 0) is 19.4 Å². The number of rotatable bonds is 5. The van der Waals surface area contributed by atoms with E-state index in [1.165, 1.54) is 7.11 Å². The molecule has 0 radical (unpaired) electrons. The highest BCUT2D eigenvalue weighted by Crippen LogP contribution is 2.31. The third-order valence-electron chi connectivity index (χ3n) is 2.66. The number of carboxylic acids is 1. The summed E-state index contributed by atoms with van der Waals surface area (Å²) >= 11 is 0. The molecule has 4 nitrogen and oxygen atoms in total. The molecule has 1 N–H and O–H groups in total. The van der Waals surface area contributed by atoms with Crippen LogP contribution < -0.4 is 4.74 Å². The van der Waals surface area contributed by atoms with Crippen LogP contribution in [-0.2, 0) is 9.53 Å². The highest BCUT2D eigenvalue weighted by Gasteiger charge is 2.24. The Bertz CT molecular complexity index is 412. The van der Waals surface area contributed by atoms with Crippen molar-refractivity contribution in [2.75, 3.05) is 20.8 Å². The minimum Gasteiger partial charge on any atom is -0.496 e. The number of hydrogen-bond acceptors (Lipinski definition) is 3. The predicted octanol–water partition coefficient (Wildman–Crippen LogP) is 2.13. The molecule has 94 valence electrons. The summed E-state index contributed by atoms with van der Waals surface area (Å²) in [5.41, 5.74) is 2.62. The highest BCUT2D eigenvalue weighted by molar-refractivity contribution is 5.78. The van der Waals surface area contributed by atoms with Gasteiger partial charge in [0.1, 0.15) is 11.7 Å². The number of aliphatic carboxylic acids is 1. The molecular formula is C13H18O4. The van der Waals surface area contributed by atoms with Gasteiger partial charge in [-0.15, -0.1) is 0 Å². The third kappa shape index (κ3) is 2.97. The number of hydrogen-bond donors (Lipinski definition) is 1. The first kappa shape index (κ1) is 13.5. The second kappa shape index (κ2) is 5.68. The zero-order chi connectivity index (χ0) is 13.0. The van der Waals surface area contributed by atoms with Crippen LogP contribution in [0.2, 0.25) is 0 Å². The Balaban J connectivity index is 3.30. The summed E-state index contributed by atoms with van der Waals surface area (Å²) in [6.45, 7) is 3.97. The van der Waals surface area contributed by atoms with Crippen molar-refractivity contribution < 1.29 is 19.4 Å². The van der Waals surface area contributed by atoms with Crippen LogP contribution >= 0.6 is 0 Å². The number of carbonyl (C=O) groups is 1. The van der Waals surface area contributed by atoms with Crippen molar-refractivity contribution in [3.05, 3.63) is 28.8 Å². The zero-order valence-electron chi connectivity index (χ0n) is 10.6. The van der Waals surface area contributed by atoms with Crippen LogP contribution in [0.25, 0.3) is 0 Å². The third-order valence-corrected chi connectivity index (χ3v) is 2.66. The molecule has 0 aromatic heterocycles. The van der Waals surface area contributed by atoms with Crippen LogP contribution in [0.3, 0.4) is 0 Å². The van der Waals surface area contributed by atoms with Crippen molar-refractivity contribution in [2.45, 2.75) is 19.8 Å². The number of methoxy groups -OCH3 is 2. The van der Waals surface area contributed by atoms with Gasteiger partial charge in [0.2, 0.25) is 0 Å². The largest absolute Gasteiger partial charge is 0.496 e. The smallest absolute Gasteiger partial charge is 0.313 e. The van der Waals surface area contributed by atoms with Gasteiger partial charge in [-0.2, -0.15) is 0 Å². The normalized spacial score (nSPS) is 12.2. The van der Waals surface area contributed by atoms with Gasteiger partial charge in [0.15, 0.2) is 0 Å². The van der Waals surface area contributed by atoms with E-state index in [0.29, 0.717) is 11.3 Å². The van der Waals surface area contributed by atoms with Gasteiger partial charge < -0.3 is 14.6 Å². The zero-order valence-corrected chi connectivity index (χ0v) is 10.6. The molecule has 1 aromatic rings. The van der Waals surface area contributed by atoms with Gasteiger partial charge in [0.25, 0.3) is 0 Å². The fourth-order valence-corrected chi connectivity index (χ4v) is 1.99. The van der Waals surface area contributed by atoms with Crippen molar-refractivity contribution in [3.8, 4) is 5.75 Å². The first-order chi connectivity index (χ1) is 8.01. The van der Waals surface area contributed by atoms with Crippen LogP contribution in [0.4, 0.5) is 0 Å². The topological polar surface area (TPSA) is 55.8 Å². The van der Waals surface area contributed by atoms with Crippen LogP contribution in [-0.4, -0.2) is 31.9 Å². The van der Waals surface area contributed by atoms with Gasteiger partial charge in [-0.1, -0.05) is 17.7 Å². The maximum Gasteiger partial charge on any atom is 0.313 e. The number of aryl methyl sites for hydroxylation is 2. The molecule has 0 heterocycles. The molecule has 0 spiro atoms. The molecule has 17 heavy (non-hydrogen) atoms. The van der Waals surface area contributed by atoms with Crippen molar-refractivity contribution in [2.24, 2.45) is 0 Å². The molecule has 0 amide bonds. The average Bonchev–Trinajstić information content (AvgIpc) is 2.24. The van der Waals surface area contributed by atoms with Gasteiger partial charge in [-0.25, -0.2) is 0 Å². The first-order valence-electron chi connectivity index (χ1n) is 5.38. The average molecular weight is 238 g/mol. The lowest BCUT2D eigenvalue weighted by atomic mass is 9.94. The molecule has 0 fully saturated rings. The van der Waals surface area contributed by atoms with Crippen molar-refractivity contribution in [1.82, 2.24) is 0 Å². The Morgan fingerprint density at radius 2 is 2.00 bits per heavy atom. The molecule has 1 rings (SSSR count). The first-order valence-corrected chi connectivity index (χ1v) is 5.38. The van der Waals surface area contributed by atoms with E-state index in [9.17, 15) is 9.90 Å². The van der Waals surface area contributed by atoms with Gasteiger partial charge in [-0.3, -0.25) is 4.79 Å². The maximum atomic E-state index is 11.2. The Kier molecular flexibility index (Phi) is 4.52. The second-order valence-corrected chi connectivity index (χ2v) is 4.05. The van der Waals surface area contributed by atoms with E-state index < -0.39 is 11.9 Å². The summed E-state index contributed by atoms with van der Waals surface area (Å²) in [5.74, 6) is -0.983. The molecule has 0 saturated carbocycles. The minimum atomic E-state index is -0.907. The van der Waals surface area contributed by atoms with E-state index in [1.807, 2.05) is 26.0 Å². The van der Waals surface area contributed by atoms with Crippen LogP contribution in [0.15, 0.2) is 12.1 Å². The van der Waals surface area contributed by atoms with Crippen molar-refractivity contribution in [3.63, 3.8) is 0 Å². The Morgan fingerprint density at radius 1 is 1.35 bits per heavy atom. The predicted molar refractivity (Wildman–Crippen MR) is 64.7 cm³/mol. The molecule has 0 aliphatic carbocycles. The summed E-state index contributed by atoms with van der Waals surface area (Å²) in [7, 11) is 3.04. The fraction of sp³-hybridized carbons (Fsp3) is 0.462. The molecule has 0 aliphatic heterocycles. The molecule has 1 atom stereocenters. The van der Waals surface area contributed by atoms with E-state index in [0.717, 1.165) is 11.1 Å². The molecule has 0 bridgehead atoms. The van der Waals surface area contributed by atoms with Crippen molar-refractivity contribution in [1.29, 1.82) is 0 Å². The molecule has 0 aliphatic rings. The van der Waals surface area contributed by atoms with Gasteiger partial charge in [0, 0.05) is 12.7 Å². The Morgan fingerprint density at radius 3 is 2.47 bits per heavy atom. The minimum absolute atomic E-state index is 0.134. The van der Waals surface area contributed by atoms with Gasteiger partial charge >= 0.3 is 5.97 Å². The van der Waals surface area contributed by atoms with Crippen LogP contribution in [0.5, 0.6) is 5.75 Å². The Hall–Kier alpha value is -1.55. The second-order valence-electron chi connectivity index (χ2n) is 4.05. The van der Waals surface area contributed by atoms with E-state index in [1.54, 1.807) is 7.11 Å². The molecule has 1 aromatic carbocycles. The lowest BCUT2D eigenvalue weighted by Crippen LogP contribution is -2.18.